The third kappa shape index (κ3) is 3.93. The maximum absolute atomic E-state index is 10.5. The first-order valence-electron chi connectivity index (χ1n) is 3.04. The summed E-state index contributed by atoms with van der Waals surface area (Å²) in [7, 11) is -4.02. The number of hydrogen-bond acceptors (Lipinski definition) is 2. The molecule has 0 saturated heterocycles. The van der Waals surface area contributed by atoms with Gasteiger partial charge in [-0.2, -0.15) is 8.42 Å². The minimum absolute atomic E-state index is 0. The van der Waals surface area contributed by atoms with Gasteiger partial charge in [0.2, 0.25) is 0 Å². The van der Waals surface area contributed by atoms with Crippen molar-refractivity contribution in [1.82, 2.24) is 0 Å². The molecule has 0 aliphatic carbocycles. The Balaban J connectivity index is 0.00000121. The molecule has 12 heavy (non-hydrogen) atoms. The molecule has 0 bridgehead atoms. The molecule has 1 aromatic carbocycles. The van der Waals surface area contributed by atoms with Crippen molar-refractivity contribution in [2.24, 2.45) is 0 Å². The molecule has 0 aliphatic heterocycles. The first kappa shape index (κ1) is 13.2. The molecular formula is C7H9CsO3S. The van der Waals surface area contributed by atoms with E-state index < -0.39 is 10.1 Å². The minimum atomic E-state index is -4.02. The normalized spacial score (nSPS) is 10.5. The molecule has 0 saturated carbocycles. The second-order valence-electron chi connectivity index (χ2n) is 2.29. The van der Waals surface area contributed by atoms with E-state index in [4.69, 9.17) is 4.55 Å². The van der Waals surface area contributed by atoms with Crippen LogP contribution in [0.5, 0.6) is 0 Å². The zero-order chi connectivity index (χ0) is 8.48. The molecule has 1 aromatic rings. The Morgan fingerprint density at radius 3 is 1.92 bits per heavy atom. The summed E-state index contributed by atoms with van der Waals surface area (Å²) in [6, 6.07) is 5.99. The van der Waals surface area contributed by atoms with Crippen molar-refractivity contribution < 1.29 is 13.0 Å². The summed E-state index contributed by atoms with van der Waals surface area (Å²) in [5.74, 6) is 0. The Kier molecular flexibility index (Phi) is 5.67. The molecule has 62 valence electrons. The third-order valence-electron chi connectivity index (χ3n) is 1.32. The Morgan fingerprint density at radius 2 is 1.58 bits per heavy atom. The zero-order valence-corrected chi connectivity index (χ0v) is 6.80. The molecular weight excluding hydrogens is 297 g/mol. The second-order valence-corrected chi connectivity index (χ2v) is 3.71. The average Bonchev–Trinajstić information content (AvgIpc) is 1.86. The molecule has 1 N–H and O–H groups in total. The van der Waals surface area contributed by atoms with Crippen molar-refractivity contribution in [3.63, 3.8) is 0 Å². The van der Waals surface area contributed by atoms with Crippen LogP contribution in [0.25, 0.3) is 0 Å². The van der Waals surface area contributed by atoms with Crippen LogP contribution < -0.4 is 0 Å². The van der Waals surface area contributed by atoms with Crippen molar-refractivity contribution in [3.8, 4) is 0 Å². The summed E-state index contributed by atoms with van der Waals surface area (Å²) in [6.07, 6.45) is 0. The van der Waals surface area contributed by atoms with E-state index in [2.05, 4.69) is 0 Å². The Labute approximate surface area is 131 Å². The van der Waals surface area contributed by atoms with Crippen molar-refractivity contribution in [2.75, 3.05) is 0 Å². The molecule has 0 spiro atoms. The van der Waals surface area contributed by atoms with E-state index in [1.165, 1.54) is 12.1 Å². The van der Waals surface area contributed by atoms with Crippen LogP contribution in [-0.4, -0.2) is 81.9 Å². The molecule has 0 aromatic heterocycles. The van der Waals surface area contributed by atoms with Crippen LogP contribution in [0.3, 0.4) is 0 Å². The van der Waals surface area contributed by atoms with Crippen LogP contribution in [0.2, 0.25) is 0 Å². The van der Waals surface area contributed by atoms with Gasteiger partial charge in [0.25, 0.3) is 10.1 Å². The van der Waals surface area contributed by atoms with Gasteiger partial charge in [0.15, 0.2) is 0 Å². The van der Waals surface area contributed by atoms with Gasteiger partial charge in [0.05, 0.1) is 4.90 Å². The number of rotatable bonds is 1. The van der Waals surface area contributed by atoms with Gasteiger partial charge < -0.3 is 0 Å². The summed E-state index contributed by atoms with van der Waals surface area (Å²) >= 11 is 0. The van der Waals surface area contributed by atoms with Gasteiger partial charge in [-0.25, -0.2) is 0 Å². The van der Waals surface area contributed by atoms with Crippen LogP contribution in [-0.2, 0) is 10.1 Å². The molecule has 3 nitrogen and oxygen atoms in total. The van der Waals surface area contributed by atoms with Crippen molar-refractivity contribution >= 4 is 79.0 Å². The van der Waals surface area contributed by atoms with Gasteiger partial charge >= 0.3 is 68.9 Å². The quantitative estimate of drug-likeness (QED) is 0.773. The molecule has 0 aliphatic rings. The van der Waals surface area contributed by atoms with Gasteiger partial charge in [-0.1, -0.05) is 17.7 Å². The van der Waals surface area contributed by atoms with Crippen LogP contribution in [0, 0.1) is 6.92 Å². The zero-order valence-electron chi connectivity index (χ0n) is 5.98. The average molecular weight is 306 g/mol. The third-order valence-corrected chi connectivity index (χ3v) is 2.19. The molecule has 0 heterocycles. The second kappa shape index (κ2) is 5.16. The van der Waals surface area contributed by atoms with Crippen molar-refractivity contribution in [3.05, 3.63) is 29.8 Å². The van der Waals surface area contributed by atoms with Gasteiger partial charge in [0.1, 0.15) is 0 Å². The predicted octanol–water partition coefficient (Wildman–Crippen LogP) is 0.593. The fourth-order valence-electron chi connectivity index (χ4n) is 0.710. The van der Waals surface area contributed by atoms with Crippen LogP contribution in [0.1, 0.15) is 5.56 Å². The standard InChI is InChI=1S/C7H8O3S.Cs.H/c1-6-2-4-7(5-3-6)11(8,9)10;;/h2-5H,1H3,(H,8,9,10);;. The summed E-state index contributed by atoms with van der Waals surface area (Å²) < 4.78 is 29.6. The molecule has 0 fully saturated rings. The monoisotopic (exact) mass is 306 g/mol. The summed E-state index contributed by atoms with van der Waals surface area (Å²) in [5.41, 5.74) is 0.956. The van der Waals surface area contributed by atoms with Crippen LogP contribution in [0.4, 0.5) is 0 Å². The maximum atomic E-state index is 10.5. The van der Waals surface area contributed by atoms with E-state index in [0.29, 0.717) is 0 Å². The van der Waals surface area contributed by atoms with E-state index in [0.717, 1.165) is 5.56 Å². The van der Waals surface area contributed by atoms with Crippen LogP contribution >= 0.6 is 0 Å². The van der Waals surface area contributed by atoms with Crippen LogP contribution in [0.15, 0.2) is 29.2 Å². The Morgan fingerprint density at radius 1 is 1.17 bits per heavy atom. The molecule has 1 rings (SSSR count). The predicted molar refractivity (Wildman–Crippen MR) is 48.1 cm³/mol. The summed E-state index contributed by atoms with van der Waals surface area (Å²) in [5, 5.41) is 0. The summed E-state index contributed by atoms with van der Waals surface area (Å²) in [6.45, 7) is 1.84. The topological polar surface area (TPSA) is 54.4 Å². The van der Waals surface area contributed by atoms with Crippen molar-refractivity contribution in [1.29, 1.82) is 0 Å². The fraction of sp³-hybridized carbons (Fsp3) is 0.143. The number of aryl methyl sites for hydroxylation is 1. The van der Waals surface area contributed by atoms with Gasteiger partial charge in [-0.3, -0.25) is 4.55 Å². The Hall–Kier alpha value is 1.18. The first-order valence-corrected chi connectivity index (χ1v) is 4.48. The van der Waals surface area contributed by atoms with E-state index in [1.807, 2.05) is 6.92 Å². The molecule has 5 heteroatoms. The molecule has 0 atom stereocenters. The number of benzene rings is 1. The fourth-order valence-corrected chi connectivity index (χ4v) is 1.19. The summed E-state index contributed by atoms with van der Waals surface area (Å²) in [4.78, 5) is -0.0666. The first-order chi connectivity index (χ1) is 5.00. The number of hydrogen-bond donors (Lipinski definition) is 1. The SMILES string of the molecule is Cc1ccc(S(=O)(=O)O)cc1.[CsH]. The van der Waals surface area contributed by atoms with E-state index in [1.54, 1.807) is 12.1 Å². The van der Waals surface area contributed by atoms with E-state index in [9.17, 15) is 8.42 Å². The van der Waals surface area contributed by atoms with Gasteiger partial charge in [0, 0.05) is 0 Å². The van der Waals surface area contributed by atoms with Crippen molar-refractivity contribution in [2.45, 2.75) is 11.8 Å². The van der Waals surface area contributed by atoms with E-state index >= 15 is 0 Å². The van der Waals surface area contributed by atoms with Gasteiger partial charge in [-0.05, 0) is 19.1 Å². The van der Waals surface area contributed by atoms with E-state index in [-0.39, 0.29) is 73.8 Å². The molecule has 0 radical (unpaired) electrons. The molecule has 0 unspecified atom stereocenters. The van der Waals surface area contributed by atoms with Gasteiger partial charge in [-0.15, -0.1) is 0 Å². The molecule has 0 amide bonds. The Bertz CT molecular complexity index is 341.